The summed E-state index contributed by atoms with van der Waals surface area (Å²) in [5.41, 5.74) is -3.36. The molecule has 0 spiro atoms. The quantitative estimate of drug-likeness (QED) is 0.0543. The van der Waals surface area contributed by atoms with E-state index < -0.39 is 36.1 Å². The second-order valence-corrected chi connectivity index (χ2v) is 27.0. The van der Waals surface area contributed by atoms with Crippen LogP contribution in [-0.2, 0) is 19.9 Å². The molecule has 250 valence electrons. The van der Waals surface area contributed by atoms with Crippen molar-refractivity contribution in [2.24, 2.45) is 0 Å². The summed E-state index contributed by atoms with van der Waals surface area (Å²) in [7, 11) is 0.941. The third kappa shape index (κ3) is 13.2. The molecule has 1 aromatic carbocycles. The van der Waals surface area contributed by atoms with Gasteiger partial charge >= 0.3 is 267 Å². The van der Waals surface area contributed by atoms with Crippen LogP contribution < -0.4 is 0 Å². The zero-order valence-electron chi connectivity index (χ0n) is 28.2. The first kappa shape index (κ1) is 40.3. The van der Waals surface area contributed by atoms with E-state index in [1.165, 1.54) is 134 Å². The van der Waals surface area contributed by atoms with Crippen LogP contribution >= 0.6 is 0 Å². The van der Waals surface area contributed by atoms with E-state index in [1.54, 1.807) is 6.07 Å². The third-order valence-corrected chi connectivity index (χ3v) is 27.6. The summed E-state index contributed by atoms with van der Waals surface area (Å²) in [6, 6.07) is 7.17. The zero-order chi connectivity index (χ0) is 32.0. The van der Waals surface area contributed by atoms with E-state index in [1.807, 2.05) is 0 Å². The molecule has 0 fully saturated rings. The molecule has 0 radical (unpaired) electrons. The Labute approximate surface area is 266 Å². The summed E-state index contributed by atoms with van der Waals surface area (Å²) in [6.45, 7) is 9.06. The Balaban J connectivity index is 3.11. The average Bonchev–Trinajstić information content (AvgIpc) is 2.99. The molecule has 0 saturated heterocycles. The van der Waals surface area contributed by atoms with Crippen molar-refractivity contribution < 1.29 is 27.4 Å². The Morgan fingerprint density at radius 3 is 1.60 bits per heavy atom. The fraction of sp³-hybridized carbons (Fsp3) is 0.806. The number of halogens is 3. The molecule has 0 saturated carbocycles. The van der Waals surface area contributed by atoms with E-state index >= 15 is 0 Å². The van der Waals surface area contributed by atoms with Crippen molar-refractivity contribution in [3.63, 3.8) is 0 Å². The van der Waals surface area contributed by atoms with E-state index in [2.05, 4.69) is 27.7 Å². The molecule has 3 nitrogen and oxygen atoms in total. The number of carbonyl (C=O) groups excluding carboxylic acids is 1. The van der Waals surface area contributed by atoms with Crippen LogP contribution in [0.3, 0.4) is 0 Å². The molecule has 0 amide bonds. The van der Waals surface area contributed by atoms with Gasteiger partial charge in [0.25, 0.3) is 0 Å². The number of benzene rings is 1. The molecule has 0 aliphatic rings. The fourth-order valence-electron chi connectivity index (χ4n) is 6.81. The van der Waals surface area contributed by atoms with Crippen LogP contribution in [0.25, 0.3) is 0 Å². The van der Waals surface area contributed by atoms with Crippen LogP contribution in [0.2, 0.25) is 17.2 Å². The van der Waals surface area contributed by atoms with E-state index in [9.17, 15) is 18.0 Å². The molecule has 0 bridgehead atoms. The zero-order valence-corrected chi connectivity index (χ0v) is 31.0. The molecule has 43 heavy (non-hydrogen) atoms. The van der Waals surface area contributed by atoms with Crippen molar-refractivity contribution in [2.45, 2.75) is 166 Å². The minimum absolute atomic E-state index is 0.0258. The first-order valence-corrected chi connectivity index (χ1v) is 25.2. The summed E-state index contributed by atoms with van der Waals surface area (Å²) in [5.74, 6) is -1.35. The molecule has 0 aromatic heterocycles. The average molecular weight is 720 g/mol. The number of hydrogen-bond acceptors (Lipinski definition) is 3. The van der Waals surface area contributed by atoms with Crippen LogP contribution in [0.1, 0.15) is 142 Å². The molecule has 2 atom stereocenters. The van der Waals surface area contributed by atoms with E-state index in [-0.39, 0.29) is 12.2 Å². The topological polar surface area (TPSA) is 35.5 Å². The maximum absolute atomic E-state index is 14.4. The summed E-state index contributed by atoms with van der Waals surface area (Å²) >= 11 is -2.71. The molecular weight excluding hydrogens is 656 g/mol. The number of methoxy groups -OCH3 is 1. The maximum atomic E-state index is 14.4. The number of unbranched alkanes of at least 4 members (excludes halogenated alkanes) is 11. The predicted octanol–water partition coefficient (Wildman–Crippen LogP) is 12.2. The van der Waals surface area contributed by atoms with Gasteiger partial charge in [0.2, 0.25) is 0 Å². The van der Waals surface area contributed by atoms with Crippen LogP contribution in [-0.4, -0.2) is 44.2 Å². The van der Waals surface area contributed by atoms with Crippen LogP contribution in [0.5, 0.6) is 0 Å². The van der Waals surface area contributed by atoms with Crippen molar-refractivity contribution in [3.05, 3.63) is 35.9 Å². The van der Waals surface area contributed by atoms with E-state index in [0.717, 1.165) is 13.5 Å². The molecule has 0 unspecified atom stereocenters. The molecule has 1 rings (SSSR count). The van der Waals surface area contributed by atoms with Crippen molar-refractivity contribution in [3.8, 4) is 0 Å². The predicted molar refractivity (Wildman–Crippen MR) is 177 cm³/mol. The van der Waals surface area contributed by atoms with E-state index in [4.69, 9.17) is 9.47 Å². The number of esters is 1. The standard InChI is InChI=1S/C24H36F3O3.3C4H9.Sn/c1-3-4-5-6-7-8-9-10-11-12-13-17-20-30-22(28)23(29-2,24(25,26)27)21-18-15-14-16-19-21;3*1-3-4-2;/h13-16,18-19H,3-12,17,20H2,1-2H3;3*1,3-4H2,2H3;/t23-;;;;/m0..../s1. The fourth-order valence-corrected chi connectivity index (χ4v) is 25.9. The van der Waals surface area contributed by atoms with Gasteiger partial charge in [0, 0.05) is 0 Å². The molecule has 0 aliphatic heterocycles. The van der Waals surface area contributed by atoms with Gasteiger partial charge in [0.15, 0.2) is 0 Å². The Morgan fingerprint density at radius 2 is 1.16 bits per heavy atom. The van der Waals surface area contributed by atoms with Gasteiger partial charge < -0.3 is 0 Å². The van der Waals surface area contributed by atoms with Gasteiger partial charge in [-0.1, -0.05) is 0 Å². The normalized spacial score (nSPS) is 14.4. The second kappa shape index (κ2) is 22.7. The number of hydrogen-bond donors (Lipinski definition) is 0. The number of carbonyl (C=O) groups is 1. The first-order chi connectivity index (χ1) is 20.7. The molecule has 0 N–H and O–H groups in total. The molecular formula is C36H63F3O3Sn. The SMILES string of the molecule is CCCCCCCCCCC[C@H](CCOC(=O)[C@@](OC)(c1ccccc1)C(F)(F)F)[Sn]([CH2]CCC)([CH2]CCC)[CH2]CCC. The van der Waals surface area contributed by atoms with Gasteiger partial charge in [0.1, 0.15) is 0 Å². The Hall–Kier alpha value is -0.761. The number of ether oxygens (including phenoxy) is 2. The first-order valence-electron chi connectivity index (χ1n) is 17.5. The molecule has 0 aliphatic carbocycles. The van der Waals surface area contributed by atoms with Gasteiger partial charge in [-0.2, -0.15) is 0 Å². The van der Waals surface area contributed by atoms with Crippen molar-refractivity contribution in [2.75, 3.05) is 13.7 Å². The van der Waals surface area contributed by atoms with Crippen molar-refractivity contribution in [1.82, 2.24) is 0 Å². The van der Waals surface area contributed by atoms with Gasteiger partial charge in [-0.05, 0) is 0 Å². The summed E-state index contributed by atoms with van der Waals surface area (Å²) < 4.78 is 58.4. The second-order valence-electron chi connectivity index (χ2n) is 12.7. The van der Waals surface area contributed by atoms with Crippen molar-refractivity contribution in [1.29, 1.82) is 0 Å². The molecule has 0 heterocycles. The minimum atomic E-state index is -4.94. The summed E-state index contributed by atoms with van der Waals surface area (Å²) in [6.07, 6.45) is 15.6. The van der Waals surface area contributed by atoms with Crippen LogP contribution in [0.4, 0.5) is 13.2 Å². The monoisotopic (exact) mass is 720 g/mol. The van der Waals surface area contributed by atoms with E-state index in [0.29, 0.717) is 10.4 Å². The third-order valence-electron chi connectivity index (χ3n) is 9.48. The van der Waals surface area contributed by atoms with Gasteiger partial charge in [-0.15, -0.1) is 0 Å². The molecule has 1 aromatic rings. The Bertz CT molecular complexity index is 811. The van der Waals surface area contributed by atoms with Crippen LogP contribution in [0, 0.1) is 0 Å². The Morgan fingerprint density at radius 1 is 0.698 bits per heavy atom. The van der Waals surface area contributed by atoms with Crippen LogP contribution in [0.15, 0.2) is 30.3 Å². The number of alkyl halides is 3. The Kier molecular flexibility index (Phi) is 21.3. The molecule has 7 heteroatoms. The number of rotatable bonds is 26. The van der Waals surface area contributed by atoms with Gasteiger partial charge in [0.05, 0.1) is 0 Å². The summed E-state index contributed by atoms with van der Waals surface area (Å²) in [4.78, 5) is 13.3. The van der Waals surface area contributed by atoms with Gasteiger partial charge in [-0.25, -0.2) is 0 Å². The van der Waals surface area contributed by atoms with Gasteiger partial charge in [-0.3, -0.25) is 0 Å². The van der Waals surface area contributed by atoms with Crippen molar-refractivity contribution >= 4 is 24.3 Å². The summed E-state index contributed by atoms with van der Waals surface area (Å²) in [5, 5.41) is 0.